The molecular weight excluding hydrogens is 911 g/mol. The zero-order valence-corrected chi connectivity index (χ0v) is 39.6. The molecule has 0 radical (unpaired) electrons. The third-order valence-corrected chi connectivity index (χ3v) is 17.0. The number of anilines is 4. The Bertz CT molecular complexity index is 3260. The first kappa shape index (κ1) is 45.9. The van der Waals surface area contributed by atoms with Gasteiger partial charge in [-0.1, -0.05) is 36.4 Å². The number of aliphatic hydroxyl groups excluding tert-OH is 1. The fourth-order valence-corrected chi connectivity index (χ4v) is 12.0. The van der Waals surface area contributed by atoms with Crippen molar-refractivity contribution in [2.24, 2.45) is 5.92 Å². The van der Waals surface area contributed by atoms with Crippen molar-refractivity contribution in [2.45, 2.75) is 79.1 Å². The average molecular weight is 962 g/mol. The third kappa shape index (κ3) is 9.51. The van der Waals surface area contributed by atoms with Gasteiger partial charge in [0.15, 0.2) is 9.84 Å². The highest BCUT2D eigenvalue weighted by Crippen LogP contribution is 2.48. The monoisotopic (exact) mass is 961 g/mol. The van der Waals surface area contributed by atoms with E-state index >= 15 is 0 Å². The number of sulfonamides is 2. The van der Waals surface area contributed by atoms with Gasteiger partial charge in [0.1, 0.15) is 6.61 Å². The maximum Gasteiger partial charge on any atom is 0.338 e. The molecule has 9 rings (SSSR count). The molecule has 0 spiro atoms. The lowest BCUT2D eigenvalue weighted by Gasteiger charge is -2.37. The zero-order chi connectivity index (χ0) is 47.4. The van der Waals surface area contributed by atoms with E-state index in [-0.39, 0.29) is 51.8 Å². The van der Waals surface area contributed by atoms with Crippen LogP contribution < -0.4 is 25.4 Å². The predicted molar refractivity (Wildman–Crippen MR) is 258 cm³/mol. The molecule has 3 aliphatic rings. The highest BCUT2D eigenvalue weighted by Gasteiger charge is 2.41. The Morgan fingerprint density at radius 1 is 0.642 bits per heavy atom. The summed E-state index contributed by atoms with van der Waals surface area (Å²) in [5, 5.41) is 21.7. The molecule has 5 atom stereocenters. The fraction of sp³-hybridized carbons (Fsp3) is 0.260. The molecule has 3 heterocycles. The summed E-state index contributed by atoms with van der Waals surface area (Å²) in [7, 11) is -11.2. The summed E-state index contributed by atoms with van der Waals surface area (Å²) in [6.07, 6.45) is 1.37. The van der Waals surface area contributed by atoms with E-state index in [0.717, 1.165) is 52.0 Å². The number of esters is 1. The molecule has 348 valence electrons. The Morgan fingerprint density at radius 2 is 1.22 bits per heavy atom. The van der Waals surface area contributed by atoms with Crippen molar-refractivity contribution >= 4 is 58.6 Å². The standard InChI is InChI=1S/C50H51N5O9S3/c1-29-5-13-36(23-30(29)2)54-66(60,61)39-17-19-44-42(25-39)47(56)27-46(52-44)32-6-8-34(9-7-32)50(57)64-28-35-10-14-37(24-31(35)3)55-67(62,63)40-18-20-45-43(26-40)49-41(21-22-51-49)48(53-45)33-11-15-38(16-12-33)65(4,58)59/h5-20,23-26,41,46-49,51-56H,21-22,27-28H2,1-4H3/t41?,46-,47?,48?,49?/m0/s1. The Kier molecular flexibility index (Phi) is 12.2. The number of hydrogen-bond acceptors (Lipinski definition) is 12. The van der Waals surface area contributed by atoms with Crippen molar-refractivity contribution in [3.05, 3.63) is 171 Å². The number of fused-ring (bicyclic) bond motifs is 4. The Balaban J connectivity index is 0.806. The number of carbonyl (C=O) groups excluding carboxylic acids is 1. The molecule has 0 aliphatic carbocycles. The number of carbonyl (C=O) groups is 1. The number of benzene rings is 6. The van der Waals surface area contributed by atoms with E-state index < -0.39 is 42.0 Å². The summed E-state index contributed by atoms with van der Waals surface area (Å²) in [6.45, 7) is 6.39. The Morgan fingerprint density at radius 3 is 1.85 bits per heavy atom. The molecule has 0 saturated carbocycles. The topological polar surface area (TPSA) is 209 Å². The zero-order valence-electron chi connectivity index (χ0n) is 37.2. The minimum absolute atomic E-state index is 0.0397. The lowest BCUT2D eigenvalue weighted by molar-refractivity contribution is 0.0472. The van der Waals surface area contributed by atoms with E-state index in [1.54, 1.807) is 91.0 Å². The summed E-state index contributed by atoms with van der Waals surface area (Å²) in [5.74, 6) is -0.428. The quantitative estimate of drug-likeness (QED) is 0.0640. The van der Waals surface area contributed by atoms with Crippen LogP contribution in [0.3, 0.4) is 0 Å². The summed E-state index contributed by atoms with van der Waals surface area (Å²) in [5.41, 5.74) is 9.08. The Labute approximate surface area is 391 Å². The van der Waals surface area contributed by atoms with Crippen LogP contribution in [0.5, 0.6) is 0 Å². The first-order chi connectivity index (χ1) is 31.8. The van der Waals surface area contributed by atoms with Gasteiger partial charge in [-0.15, -0.1) is 0 Å². The van der Waals surface area contributed by atoms with E-state index in [1.807, 2.05) is 39.0 Å². The third-order valence-electron chi connectivity index (χ3n) is 13.1. The van der Waals surface area contributed by atoms with Crippen LogP contribution in [0, 0.1) is 26.7 Å². The first-order valence-corrected chi connectivity index (χ1v) is 26.7. The summed E-state index contributed by atoms with van der Waals surface area (Å²) < 4.78 is 89.0. The second-order valence-corrected chi connectivity index (χ2v) is 23.0. The van der Waals surface area contributed by atoms with Crippen LogP contribution in [0.1, 0.15) is 91.9 Å². The van der Waals surface area contributed by atoms with E-state index in [0.29, 0.717) is 33.8 Å². The van der Waals surface area contributed by atoms with Gasteiger partial charge < -0.3 is 25.8 Å². The van der Waals surface area contributed by atoms with Crippen LogP contribution in [0.15, 0.2) is 136 Å². The lowest BCUT2D eigenvalue weighted by atomic mass is 9.80. The first-order valence-electron chi connectivity index (χ1n) is 21.8. The molecule has 6 aromatic rings. The highest BCUT2D eigenvalue weighted by atomic mass is 32.2. The van der Waals surface area contributed by atoms with Gasteiger partial charge >= 0.3 is 5.97 Å². The van der Waals surface area contributed by atoms with Crippen LogP contribution in [-0.2, 0) is 41.2 Å². The van der Waals surface area contributed by atoms with Gasteiger partial charge in [-0.2, -0.15) is 0 Å². The normalized spacial score (nSPS) is 20.0. The van der Waals surface area contributed by atoms with Gasteiger partial charge in [-0.05, 0) is 158 Å². The second kappa shape index (κ2) is 17.8. The van der Waals surface area contributed by atoms with Crippen molar-refractivity contribution in [3.63, 3.8) is 0 Å². The van der Waals surface area contributed by atoms with Gasteiger partial charge in [0, 0.05) is 52.9 Å². The highest BCUT2D eigenvalue weighted by molar-refractivity contribution is 7.93. The number of aryl methyl sites for hydroxylation is 3. The molecule has 0 amide bonds. The molecule has 4 unspecified atom stereocenters. The number of nitrogens with one attached hydrogen (secondary N) is 5. The van der Waals surface area contributed by atoms with Crippen molar-refractivity contribution in [1.29, 1.82) is 0 Å². The van der Waals surface area contributed by atoms with Crippen LogP contribution >= 0.6 is 0 Å². The molecular formula is C50H51N5O9S3. The molecule has 67 heavy (non-hydrogen) atoms. The molecule has 14 nitrogen and oxygen atoms in total. The number of hydrogen-bond donors (Lipinski definition) is 6. The van der Waals surface area contributed by atoms with Gasteiger partial charge in [-0.3, -0.25) is 9.44 Å². The maximum absolute atomic E-state index is 13.7. The SMILES string of the molecule is Cc1ccc(NS(=O)(=O)c2ccc3c(c2)C(O)C[C@@H](c2ccc(C(=O)OCc4ccc(NS(=O)(=O)c5ccc6c(c5)C5NCCC5C(c5ccc(S(C)(=O)=O)cc5)N6)cc4C)cc2)N3)cc1C. The van der Waals surface area contributed by atoms with E-state index in [1.165, 1.54) is 18.4 Å². The Hall–Kier alpha value is -6.24. The van der Waals surface area contributed by atoms with Gasteiger partial charge in [0.2, 0.25) is 0 Å². The summed E-state index contributed by atoms with van der Waals surface area (Å²) >= 11 is 0. The summed E-state index contributed by atoms with van der Waals surface area (Å²) in [4.78, 5) is 13.6. The minimum Gasteiger partial charge on any atom is -0.457 e. The number of ether oxygens (including phenoxy) is 1. The minimum atomic E-state index is -3.99. The van der Waals surface area contributed by atoms with E-state index in [9.17, 15) is 35.2 Å². The number of sulfone groups is 1. The van der Waals surface area contributed by atoms with Crippen molar-refractivity contribution in [3.8, 4) is 0 Å². The molecule has 1 fully saturated rings. The average Bonchev–Trinajstić information content (AvgIpc) is 3.80. The molecule has 17 heteroatoms. The smallest absolute Gasteiger partial charge is 0.338 e. The van der Waals surface area contributed by atoms with Gasteiger partial charge in [0.25, 0.3) is 20.0 Å². The van der Waals surface area contributed by atoms with Crippen LogP contribution in [0.25, 0.3) is 0 Å². The number of rotatable bonds is 12. The van der Waals surface area contributed by atoms with Crippen molar-refractivity contribution in [1.82, 2.24) is 5.32 Å². The molecule has 1 saturated heterocycles. The molecule has 6 N–H and O–H groups in total. The van der Waals surface area contributed by atoms with Crippen molar-refractivity contribution < 1.29 is 39.9 Å². The largest absolute Gasteiger partial charge is 0.457 e. The maximum atomic E-state index is 13.7. The lowest BCUT2D eigenvalue weighted by Crippen LogP contribution is -2.32. The van der Waals surface area contributed by atoms with Crippen LogP contribution in [0.2, 0.25) is 0 Å². The van der Waals surface area contributed by atoms with Crippen LogP contribution in [0.4, 0.5) is 22.7 Å². The van der Waals surface area contributed by atoms with E-state index in [2.05, 4.69) is 25.4 Å². The second-order valence-electron chi connectivity index (χ2n) is 17.6. The van der Waals surface area contributed by atoms with E-state index in [4.69, 9.17) is 4.74 Å². The molecule has 0 bridgehead atoms. The molecule has 3 aliphatic heterocycles. The van der Waals surface area contributed by atoms with Gasteiger partial charge in [-0.25, -0.2) is 30.0 Å². The number of aliphatic hydroxyl groups is 1. The summed E-state index contributed by atoms with van der Waals surface area (Å²) in [6, 6.07) is 33.3. The molecule has 0 aromatic heterocycles. The predicted octanol–water partition coefficient (Wildman–Crippen LogP) is 8.38. The molecule has 6 aromatic carbocycles. The fourth-order valence-electron chi connectivity index (χ4n) is 9.21. The van der Waals surface area contributed by atoms with Crippen LogP contribution in [-0.4, -0.2) is 49.1 Å². The van der Waals surface area contributed by atoms with Gasteiger partial charge in [0.05, 0.1) is 38.4 Å². The van der Waals surface area contributed by atoms with Crippen molar-refractivity contribution in [2.75, 3.05) is 32.9 Å².